The molecule has 0 radical (unpaired) electrons. The molecule has 1 aliphatic carbocycles. The molecule has 2 aliphatic rings. The Kier molecular flexibility index (Phi) is 2.61. The van der Waals surface area contributed by atoms with Crippen LogP contribution in [0.5, 0.6) is 0 Å². The first-order valence-corrected chi connectivity index (χ1v) is 5.92. The molecule has 1 amide bonds. The van der Waals surface area contributed by atoms with Gasteiger partial charge >= 0.3 is 0 Å². The summed E-state index contributed by atoms with van der Waals surface area (Å²) in [5.41, 5.74) is 1.83. The van der Waals surface area contributed by atoms with Crippen LogP contribution >= 0.6 is 0 Å². The summed E-state index contributed by atoms with van der Waals surface area (Å²) in [6.07, 6.45) is 5.39. The van der Waals surface area contributed by atoms with Gasteiger partial charge in [0.05, 0.1) is 0 Å². The standard InChI is InChI=1S/C13H21NO/c1-10-4-6-14(7-5-10)12(15)11-8-13(2,3)9-11/h4,11H,5-9H2,1-3H3. The van der Waals surface area contributed by atoms with Crippen LogP contribution < -0.4 is 0 Å². The minimum Gasteiger partial charge on any atom is -0.338 e. The fourth-order valence-electron chi connectivity index (χ4n) is 2.68. The van der Waals surface area contributed by atoms with Gasteiger partial charge in [-0.2, -0.15) is 0 Å². The van der Waals surface area contributed by atoms with Crippen LogP contribution in [0.1, 0.15) is 40.0 Å². The molecule has 1 aliphatic heterocycles. The van der Waals surface area contributed by atoms with Crippen molar-refractivity contribution in [1.29, 1.82) is 0 Å². The van der Waals surface area contributed by atoms with Crippen LogP contribution in [0.2, 0.25) is 0 Å². The molecular weight excluding hydrogens is 186 g/mol. The summed E-state index contributed by atoms with van der Waals surface area (Å²) in [4.78, 5) is 14.1. The summed E-state index contributed by atoms with van der Waals surface area (Å²) >= 11 is 0. The average molecular weight is 207 g/mol. The largest absolute Gasteiger partial charge is 0.338 e. The summed E-state index contributed by atoms with van der Waals surface area (Å²) in [5, 5.41) is 0. The zero-order valence-electron chi connectivity index (χ0n) is 10.0. The van der Waals surface area contributed by atoms with Crippen LogP contribution in [0.15, 0.2) is 11.6 Å². The number of amides is 1. The van der Waals surface area contributed by atoms with E-state index in [1.165, 1.54) is 5.57 Å². The second kappa shape index (κ2) is 3.66. The average Bonchev–Trinajstić information content (AvgIpc) is 2.14. The zero-order chi connectivity index (χ0) is 11.1. The highest BCUT2D eigenvalue weighted by Crippen LogP contribution is 2.45. The highest BCUT2D eigenvalue weighted by Gasteiger charge is 2.41. The van der Waals surface area contributed by atoms with Gasteiger partial charge in [0, 0.05) is 19.0 Å². The quantitative estimate of drug-likeness (QED) is 0.605. The van der Waals surface area contributed by atoms with Crippen LogP contribution in [0.3, 0.4) is 0 Å². The van der Waals surface area contributed by atoms with E-state index in [0.717, 1.165) is 32.4 Å². The maximum Gasteiger partial charge on any atom is 0.226 e. The van der Waals surface area contributed by atoms with Crippen molar-refractivity contribution in [2.45, 2.75) is 40.0 Å². The maximum atomic E-state index is 12.1. The monoisotopic (exact) mass is 207 g/mol. The topological polar surface area (TPSA) is 20.3 Å². The summed E-state index contributed by atoms with van der Waals surface area (Å²) in [7, 11) is 0. The molecular formula is C13H21NO. The van der Waals surface area contributed by atoms with Gasteiger partial charge in [0.25, 0.3) is 0 Å². The van der Waals surface area contributed by atoms with Crippen molar-refractivity contribution < 1.29 is 4.79 Å². The first-order chi connectivity index (χ1) is 6.98. The fourth-order valence-corrected chi connectivity index (χ4v) is 2.68. The van der Waals surface area contributed by atoms with Gasteiger partial charge in [0.1, 0.15) is 0 Å². The number of carbonyl (C=O) groups is 1. The van der Waals surface area contributed by atoms with Crippen LogP contribution in [0, 0.1) is 11.3 Å². The summed E-state index contributed by atoms with van der Waals surface area (Å²) < 4.78 is 0. The maximum absolute atomic E-state index is 12.1. The van der Waals surface area contributed by atoms with Crippen LogP contribution in [-0.4, -0.2) is 23.9 Å². The van der Waals surface area contributed by atoms with Crippen LogP contribution in [-0.2, 0) is 4.79 Å². The van der Waals surface area contributed by atoms with Crippen molar-refractivity contribution in [2.75, 3.05) is 13.1 Å². The second-order valence-corrected chi connectivity index (χ2v) is 5.85. The number of rotatable bonds is 1. The minimum atomic E-state index is 0.312. The summed E-state index contributed by atoms with van der Waals surface area (Å²) in [6.45, 7) is 8.40. The molecule has 15 heavy (non-hydrogen) atoms. The molecule has 0 N–H and O–H groups in total. The van der Waals surface area contributed by atoms with E-state index in [1.54, 1.807) is 0 Å². The highest BCUT2D eigenvalue weighted by atomic mass is 16.2. The van der Waals surface area contributed by atoms with Gasteiger partial charge in [-0.3, -0.25) is 4.79 Å². The number of hydrogen-bond donors (Lipinski definition) is 0. The first-order valence-electron chi connectivity index (χ1n) is 5.92. The Morgan fingerprint density at radius 1 is 1.47 bits per heavy atom. The van der Waals surface area contributed by atoms with Gasteiger partial charge < -0.3 is 4.90 Å². The van der Waals surface area contributed by atoms with Crippen molar-refractivity contribution in [3.8, 4) is 0 Å². The normalized spacial score (nSPS) is 25.8. The molecule has 0 saturated heterocycles. The van der Waals surface area contributed by atoms with Crippen LogP contribution in [0.25, 0.3) is 0 Å². The lowest BCUT2D eigenvalue weighted by Crippen LogP contribution is -2.46. The Bertz CT molecular complexity index is 296. The third-order valence-corrected chi connectivity index (χ3v) is 3.70. The van der Waals surface area contributed by atoms with Crippen molar-refractivity contribution in [2.24, 2.45) is 11.3 Å². The van der Waals surface area contributed by atoms with Gasteiger partial charge in [0.2, 0.25) is 5.91 Å². The lowest BCUT2D eigenvalue weighted by molar-refractivity contribution is -0.142. The number of carbonyl (C=O) groups excluding carboxylic acids is 1. The van der Waals surface area contributed by atoms with Crippen LogP contribution in [0.4, 0.5) is 0 Å². The molecule has 0 aromatic heterocycles. The molecule has 2 nitrogen and oxygen atoms in total. The third kappa shape index (κ3) is 2.24. The lowest BCUT2D eigenvalue weighted by atomic mass is 9.64. The SMILES string of the molecule is CC1=CCN(C(=O)C2CC(C)(C)C2)CC1. The smallest absolute Gasteiger partial charge is 0.226 e. The van der Waals surface area contributed by atoms with E-state index < -0.39 is 0 Å². The van der Waals surface area contributed by atoms with Gasteiger partial charge in [-0.15, -0.1) is 0 Å². The molecule has 0 spiro atoms. The van der Waals surface area contributed by atoms with Gasteiger partial charge in [-0.05, 0) is 31.6 Å². The predicted octanol–water partition coefficient (Wildman–Crippen LogP) is 2.60. The molecule has 0 atom stereocenters. The second-order valence-electron chi connectivity index (χ2n) is 5.85. The molecule has 0 aromatic rings. The third-order valence-electron chi connectivity index (χ3n) is 3.70. The van der Waals surface area contributed by atoms with Crippen molar-refractivity contribution in [3.05, 3.63) is 11.6 Å². The Morgan fingerprint density at radius 2 is 2.13 bits per heavy atom. The minimum absolute atomic E-state index is 0.312. The Balaban J connectivity index is 1.88. The van der Waals surface area contributed by atoms with E-state index in [9.17, 15) is 4.79 Å². The highest BCUT2D eigenvalue weighted by molar-refractivity contribution is 5.80. The van der Waals surface area contributed by atoms with E-state index in [2.05, 4.69) is 26.8 Å². The van der Waals surface area contributed by atoms with E-state index in [-0.39, 0.29) is 0 Å². The molecule has 1 saturated carbocycles. The predicted molar refractivity (Wildman–Crippen MR) is 61.5 cm³/mol. The fraction of sp³-hybridized carbons (Fsp3) is 0.769. The molecule has 84 valence electrons. The van der Waals surface area contributed by atoms with Crippen molar-refractivity contribution in [1.82, 2.24) is 4.90 Å². The van der Waals surface area contributed by atoms with Gasteiger partial charge in [-0.25, -0.2) is 0 Å². The molecule has 2 rings (SSSR count). The van der Waals surface area contributed by atoms with E-state index in [4.69, 9.17) is 0 Å². The first kappa shape index (κ1) is 10.7. The summed E-state index contributed by atoms with van der Waals surface area (Å²) in [5.74, 6) is 0.699. The number of hydrogen-bond acceptors (Lipinski definition) is 1. The molecule has 2 heteroatoms. The number of nitrogens with zero attached hydrogens (tertiary/aromatic N) is 1. The summed E-state index contributed by atoms with van der Waals surface area (Å²) in [6, 6.07) is 0. The molecule has 0 unspecified atom stereocenters. The van der Waals surface area contributed by atoms with Crippen molar-refractivity contribution >= 4 is 5.91 Å². The molecule has 0 aromatic carbocycles. The van der Waals surface area contributed by atoms with E-state index in [1.807, 2.05) is 4.90 Å². The Labute approximate surface area is 92.3 Å². The zero-order valence-corrected chi connectivity index (χ0v) is 10.0. The molecule has 1 fully saturated rings. The van der Waals surface area contributed by atoms with Gasteiger partial charge in [-0.1, -0.05) is 25.5 Å². The lowest BCUT2D eigenvalue weighted by Gasteiger charge is -2.44. The van der Waals surface area contributed by atoms with E-state index >= 15 is 0 Å². The van der Waals surface area contributed by atoms with Gasteiger partial charge in [0.15, 0.2) is 0 Å². The van der Waals surface area contributed by atoms with E-state index in [0.29, 0.717) is 17.2 Å². The molecule has 1 heterocycles. The van der Waals surface area contributed by atoms with Crippen molar-refractivity contribution in [3.63, 3.8) is 0 Å². The Hall–Kier alpha value is -0.790. The molecule has 0 bridgehead atoms. The Morgan fingerprint density at radius 3 is 2.60 bits per heavy atom.